The number of aryl methyl sites for hydroxylation is 1. The molecule has 8 heteroatoms. The third kappa shape index (κ3) is 4.68. The molecule has 3 saturated heterocycles. The van der Waals surface area contributed by atoms with Gasteiger partial charge in [-0.3, -0.25) is 14.5 Å². The smallest absolute Gasteiger partial charge is 0.266 e. The number of piperidine rings is 1. The molecular weight excluding hydrogens is 466 g/mol. The van der Waals surface area contributed by atoms with Crippen molar-refractivity contribution in [3.63, 3.8) is 0 Å². The van der Waals surface area contributed by atoms with Crippen LogP contribution in [0.25, 0.3) is 17.0 Å². The van der Waals surface area contributed by atoms with Crippen molar-refractivity contribution in [1.82, 2.24) is 14.4 Å². The number of rotatable bonds is 6. The first-order valence-corrected chi connectivity index (χ1v) is 13.5. The minimum absolute atomic E-state index is 0.0533. The molecule has 0 N–H and O–H groups in total. The molecule has 0 bridgehead atoms. The summed E-state index contributed by atoms with van der Waals surface area (Å²) in [5, 5.41) is 1.06. The lowest BCUT2D eigenvalue weighted by atomic mass is 10.1. The van der Waals surface area contributed by atoms with Gasteiger partial charge in [0.2, 0.25) is 5.91 Å². The highest BCUT2D eigenvalue weighted by molar-refractivity contribution is 8.26. The Morgan fingerprint density at radius 1 is 1.24 bits per heavy atom. The molecule has 1 aromatic carbocycles. The van der Waals surface area contributed by atoms with Crippen LogP contribution < -0.4 is 0 Å². The van der Waals surface area contributed by atoms with E-state index in [1.807, 2.05) is 17.2 Å². The van der Waals surface area contributed by atoms with Crippen molar-refractivity contribution in [3.8, 4) is 0 Å². The van der Waals surface area contributed by atoms with E-state index >= 15 is 0 Å². The van der Waals surface area contributed by atoms with Crippen LogP contribution in [0, 0.1) is 0 Å². The molecule has 4 heterocycles. The minimum Gasteiger partial charge on any atom is -0.376 e. The number of carbonyl (C=O) groups excluding carboxylic acids is 2. The van der Waals surface area contributed by atoms with Crippen molar-refractivity contribution in [2.45, 2.75) is 58.1 Å². The molecular formula is C26H31N3O3S2. The molecule has 5 rings (SSSR count). The zero-order chi connectivity index (χ0) is 23.7. The van der Waals surface area contributed by atoms with E-state index < -0.39 is 0 Å². The van der Waals surface area contributed by atoms with Gasteiger partial charge in [0.25, 0.3) is 5.91 Å². The van der Waals surface area contributed by atoms with Gasteiger partial charge in [0.15, 0.2) is 0 Å². The number of aromatic nitrogens is 1. The molecule has 0 unspecified atom stereocenters. The molecule has 0 radical (unpaired) electrons. The Morgan fingerprint density at radius 3 is 2.79 bits per heavy atom. The summed E-state index contributed by atoms with van der Waals surface area (Å²) >= 11 is 6.89. The Morgan fingerprint density at radius 2 is 2.06 bits per heavy atom. The van der Waals surface area contributed by atoms with Crippen LogP contribution >= 0.6 is 24.0 Å². The van der Waals surface area contributed by atoms with Gasteiger partial charge >= 0.3 is 0 Å². The largest absolute Gasteiger partial charge is 0.376 e. The Bertz CT molecular complexity index is 1140. The maximum atomic E-state index is 13.2. The maximum absolute atomic E-state index is 13.2. The zero-order valence-electron chi connectivity index (χ0n) is 19.6. The van der Waals surface area contributed by atoms with Crippen LogP contribution in [-0.2, 0) is 27.3 Å². The van der Waals surface area contributed by atoms with Crippen molar-refractivity contribution in [2.24, 2.45) is 0 Å². The number of amides is 2. The molecule has 2 amide bonds. The average Bonchev–Trinajstić information content (AvgIpc) is 3.56. The van der Waals surface area contributed by atoms with E-state index in [1.54, 1.807) is 4.90 Å². The fourth-order valence-corrected chi connectivity index (χ4v) is 6.44. The number of hydrogen-bond acceptors (Lipinski definition) is 5. The predicted molar refractivity (Wildman–Crippen MR) is 141 cm³/mol. The van der Waals surface area contributed by atoms with Gasteiger partial charge in [-0.25, -0.2) is 0 Å². The molecule has 1 atom stereocenters. The third-order valence-electron chi connectivity index (χ3n) is 6.98. The van der Waals surface area contributed by atoms with Crippen molar-refractivity contribution in [3.05, 3.63) is 40.4 Å². The van der Waals surface area contributed by atoms with E-state index in [0.717, 1.165) is 68.3 Å². The van der Waals surface area contributed by atoms with Gasteiger partial charge < -0.3 is 14.2 Å². The fourth-order valence-electron chi connectivity index (χ4n) is 5.17. The second kappa shape index (κ2) is 10.2. The maximum Gasteiger partial charge on any atom is 0.266 e. The first-order valence-electron chi connectivity index (χ1n) is 12.3. The summed E-state index contributed by atoms with van der Waals surface area (Å²) in [6.07, 6.45) is 10.3. The third-order valence-corrected chi connectivity index (χ3v) is 8.36. The number of carbonyl (C=O) groups is 2. The minimum atomic E-state index is -0.0533. The second-order valence-electron chi connectivity index (χ2n) is 9.25. The van der Waals surface area contributed by atoms with Gasteiger partial charge in [-0.05, 0) is 50.2 Å². The molecule has 1 aromatic heterocycles. The van der Waals surface area contributed by atoms with Crippen LogP contribution in [0.3, 0.4) is 0 Å². The number of ether oxygens (including phenoxy) is 1. The topological polar surface area (TPSA) is 54.8 Å². The second-order valence-corrected chi connectivity index (χ2v) is 10.9. The van der Waals surface area contributed by atoms with Gasteiger partial charge in [0.05, 0.1) is 23.1 Å². The fraction of sp³-hybridized carbons (Fsp3) is 0.500. The summed E-state index contributed by atoms with van der Waals surface area (Å²) in [5.74, 6) is 0.111. The summed E-state index contributed by atoms with van der Waals surface area (Å²) in [6, 6.07) is 6.25. The van der Waals surface area contributed by atoms with E-state index in [0.29, 0.717) is 22.3 Å². The van der Waals surface area contributed by atoms with Gasteiger partial charge in [-0.2, -0.15) is 0 Å². The van der Waals surface area contributed by atoms with Crippen molar-refractivity contribution >= 4 is 57.1 Å². The highest BCUT2D eigenvalue weighted by atomic mass is 32.2. The highest BCUT2D eigenvalue weighted by Gasteiger charge is 2.35. The summed E-state index contributed by atoms with van der Waals surface area (Å²) < 4.78 is 8.38. The Balaban J connectivity index is 1.45. The molecule has 34 heavy (non-hydrogen) atoms. The number of thiocarbonyl (C=S) groups is 1. The SMILES string of the molecule is CCc1cccc2c(/C=C3\SC(=S)N(C[C@H]4CCCO4)C3=O)cn(CC(=O)N3CCCCC3)c12. The zero-order valence-corrected chi connectivity index (χ0v) is 21.3. The average molecular weight is 498 g/mol. The number of likely N-dealkylation sites (tertiary alicyclic amines) is 1. The van der Waals surface area contributed by atoms with Crippen LogP contribution in [-0.4, -0.2) is 62.8 Å². The lowest BCUT2D eigenvalue weighted by molar-refractivity contribution is -0.132. The normalized spacial score (nSPS) is 22.5. The first kappa shape index (κ1) is 23.6. The molecule has 3 fully saturated rings. The summed E-state index contributed by atoms with van der Waals surface area (Å²) in [4.78, 5) is 30.5. The molecule has 0 saturated carbocycles. The standard InChI is InChI=1S/C26H31N3O3S2/c1-2-18-8-6-10-21-19(15-28(24(18)21)17-23(30)27-11-4-3-5-12-27)14-22-25(31)29(26(33)34-22)16-20-9-7-13-32-20/h6,8,10,14-15,20H,2-5,7,9,11-13,16-17H2,1H3/b22-14-/t20-/m1/s1. The molecule has 2 aromatic rings. The van der Waals surface area contributed by atoms with Gasteiger partial charge in [-0.1, -0.05) is 49.1 Å². The van der Waals surface area contributed by atoms with Gasteiger partial charge in [0, 0.05) is 36.8 Å². The van der Waals surface area contributed by atoms with Crippen molar-refractivity contribution < 1.29 is 14.3 Å². The number of hydrogen-bond donors (Lipinski definition) is 0. The van der Waals surface area contributed by atoms with Crippen LogP contribution in [0.5, 0.6) is 0 Å². The number of fused-ring (bicyclic) bond motifs is 1. The van der Waals surface area contributed by atoms with E-state index in [1.165, 1.54) is 23.7 Å². The monoisotopic (exact) mass is 497 g/mol. The van der Waals surface area contributed by atoms with E-state index in [2.05, 4.69) is 29.7 Å². The van der Waals surface area contributed by atoms with Crippen LogP contribution in [0.15, 0.2) is 29.3 Å². The highest BCUT2D eigenvalue weighted by Crippen LogP contribution is 2.36. The van der Waals surface area contributed by atoms with Crippen LogP contribution in [0.2, 0.25) is 0 Å². The van der Waals surface area contributed by atoms with Gasteiger partial charge in [0.1, 0.15) is 10.9 Å². The number of benzene rings is 1. The van der Waals surface area contributed by atoms with Crippen LogP contribution in [0.4, 0.5) is 0 Å². The lowest BCUT2D eigenvalue weighted by Gasteiger charge is -2.27. The first-order chi connectivity index (χ1) is 16.5. The molecule has 6 nitrogen and oxygen atoms in total. The van der Waals surface area contributed by atoms with Crippen molar-refractivity contribution in [1.29, 1.82) is 0 Å². The Hall–Kier alpha value is -2.16. The number of thioether (sulfide) groups is 1. The molecule has 3 aliphatic rings. The Kier molecular flexibility index (Phi) is 7.09. The van der Waals surface area contributed by atoms with Crippen LogP contribution in [0.1, 0.15) is 50.2 Å². The lowest BCUT2D eigenvalue weighted by Crippen LogP contribution is -2.37. The quantitative estimate of drug-likeness (QED) is 0.431. The van der Waals surface area contributed by atoms with E-state index in [4.69, 9.17) is 17.0 Å². The summed E-state index contributed by atoms with van der Waals surface area (Å²) in [7, 11) is 0. The molecule has 0 aliphatic carbocycles. The summed E-state index contributed by atoms with van der Waals surface area (Å²) in [5.41, 5.74) is 3.24. The Labute approximate surface area is 210 Å². The molecule has 180 valence electrons. The van der Waals surface area contributed by atoms with E-state index in [-0.39, 0.29) is 17.9 Å². The van der Waals surface area contributed by atoms with Gasteiger partial charge in [-0.15, -0.1) is 0 Å². The number of para-hydroxylation sites is 1. The molecule has 3 aliphatic heterocycles. The predicted octanol–water partition coefficient (Wildman–Crippen LogP) is 4.60. The summed E-state index contributed by atoms with van der Waals surface area (Å²) in [6.45, 7) is 5.42. The van der Waals surface area contributed by atoms with Crippen molar-refractivity contribution in [2.75, 3.05) is 26.2 Å². The molecule has 0 spiro atoms. The number of nitrogens with zero attached hydrogens (tertiary/aromatic N) is 3. The van der Waals surface area contributed by atoms with E-state index in [9.17, 15) is 9.59 Å².